The molecule has 0 atom stereocenters. The van der Waals surface area contributed by atoms with Crippen LogP contribution >= 0.6 is 11.3 Å². The first-order valence-corrected chi connectivity index (χ1v) is 10.6. The van der Waals surface area contributed by atoms with Crippen molar-refractivity contribution in [2.75, 3.05) is 51.4 Å². The number of furan rings is 1. The minimum absolute atomic E-state index is 0.210. The third kappa shape index (κ3) is 4.96. The van der Waals surface area contributed by atoms with E-state index >= 15 is 0 Å². The summed E-state index contributed by atoms with van der Waals surface area (Å²) in [4.78, 5) is 19.2. The molecule has 0 aromatic carbocycles. The van der Waals surface area contributed by atoms with Gasteiger partial charge in [0, 0.05) is 25.1 Å². The number of nitrogens with one attached hydrogen (secondary N) is 1. The summed E-state index contributed by atoms with van der Waals surface area (Å²) in [6.07, 6.45) is 0.742. The first kappa shape index (κ1) is 22.6. The van der Waals surface area contributed by atoms with Gasteiger partial charge in [-0.1, -0.05) is 0 Å². The lowest BCUT2D eigenvalue weighted by molar-refractivity contribution is 0.100. The van der Waals surface area contributed by atoms with Crippen LogP contribution in [0.5, 0.6) is 0 Å². The lowest BCUT2D eigenvalue weighted by Crippen LogP contribution is -2.18. The highest BCUT2D eigenvalue weighted by Crippen LogP contribution is 2.43. The van der Waals surface area contributed by atoms with Crippen LogP contribution in [0.15, 0.2) is 16.5 Å². The lowest BCUT2D eigenvalue weighted by atomic mass is 10.0. The van der Waals surface area contributed by atoms with E-state index in [4.69, 9.17) is 20.6 Å². The third-order valence-corrected chi connectivity index (χ3v) is 5.75. The summed E-state index contributed by atoms with van der Waals surface area (Å²) >= 11 is 1.10. The largest absolute Gasteiger partial charge is 0.461 e. The molecule has 0 aliphatic carbocycles. The number of nitrogen functional groups attached to an aromatic ring is 1. The summed E-state index contributed by atoms with van der Waals surface area (Å²) in [6, 6.07) is 5.79. The number of likely N-dealkylation sites (N-methyl/N-ethyl adjacent to an activating group) is 1. The van der Waals surface area contributed by atoms with Crippen LogP contribution in [0.4, 0.5) is 11.5 Å². The van der Waals surface area contributed by atoms with Gasteiger partial charge in [0.1, 0.15) is 38.7 Å². The number of primary amides is 1. The van der Waals surface area contributed by atoms with Crippen LogP contribution < -0.4 is 16.8 Å². The minimum atomic E-state index is -0.634. The van der Waals surface area contributed by atoms with Gasteiger partial charge in [0.15, 0.2) is 0 Å². The van der Waals surface area contributed by atoms with Gasteiger partial charge in [-0.05, 0) is 39.6 Å². The topological polar surface area (TPSA) is 143 Å². The number of anilines is 2. The smallest absolute Gasteiger partial charge is 0.260 e. The van der Waals surface area contributed by atoms with Gasteiger partial charge in [0.05, 0.1) is 17.9 Å². The van der Waals surface area contributed by atoms with Crippen LogP contribution in [0, 0.1) is 18.3 Å². The van der Waals surface area contributed by atoms with Crippen molar-refractivity contribution in [3.05, 3.63) is 28.3 Å². The molecule has 0 fully saturated rings. The van der Waals surface area contributed by atoms with E-state index in [9.17, 15) is 10.1 Å². The first-order valence-electron chi connectivity index (χ1n) is 9.82. The first-order chi connectivity index (χ1) is 14.8. The zero-order valence-corrected chi connectivity index (χ0v) is 18.6. The molecule has 10 heteroatoms. The second-order valence-corrected chi connectivity index (χ2v) is 8.32. The number of hydrogen-bond acceptors (Lipinski definition) is 9. The lowest BCUT2D eigenvalue weighted by Gasteiger charge is -2.12. The van der Waals surface area contributed by atoms with Gasteiger partial charge in [-0.25, -0.2) is 4.98 Å². The second-order valence-electron chi connectivity index (χ2n) is 7.32. The molecule has 3 heterocycles. The fourth-order valence-corrected chi connectivity index (χ4v) is 4.07. The molecule has 0 aliphatic heterocycles. The summed E-state index contributed by atoms with van der Waals surface area (Å²) in [5.41, 5.74) is 12.7. The number of thiophene rings is 1. The van der Waals surface area contributed by atoms with Crippen molar-refractivity contribution in [1.82, 2.24) is 9.88 Å². The Morgan fingerprint density at radius 2 is 2.16 bits per heavy atom. The molecule has 164 valence electrons. The maximum atomic E-state index is 11.8. The molecule has 0 aliphatic rings. The standard InChI is InChI=1S/C21H26N6O3S/c1-12-5-6-14(30-12)15-13(11-22)20(25-7-4-9-29-10-8-27(2)3)26-21-16(15)17(23)18(31-21)19(24)28/h5-6H,4,7-10,23H2,1-3H3,(H2,24,28)(H,25,26). The monoisotopic (exact) mass is 442 g/mol. The number of pyridine rings is 1. The van der Waals surface area contributed by atoms with Crippen molar-refractivity contribution in [1.29, 1.82) is 5.26 Å². The van der Waals surface area contributed by atoms with Gasteiger partial charge in [-0.2, -0.15) is 5.26 Å². The number of aryl methyl sites for hydroxylation is 1. The van der Waals surface area contributed by atoms with E-state index in [1.165, 1.54) is 0 Å². The van der Waals surface area contributed by atoms with E-state index in [1.54, 1.807) is 12.1 Å². The number of nitrogens with zero attached hydrogens (tertiary/aromatic N) is 3. The van der Waals surface area contributed by atoms with Crippen LogP contribution in [0.1, 0.15) is 27.4 Å². The van der Waals surface area contributed by atoms with Gasteiger partial charge in [0.2, 0.25) is 0 Å². The predicted molar refractivity (Wildman–Crippen MR) is 122 cm³/mol. The zero-order valence-electron chi connectivity index (χ0n) is 17.8. The molecule has 3 aromatic heterocycles. The van der Waals surface area contributed by atoms with E-state index in [2.05, 4.69) is 21.3 Å². The Hall–Kier alpha value is -3.13. The van der Waals surface area contributed by atoms with E-state index in [1.807, 2.05) is 21.0 Å². The molecule has 9 nitrogen and oxygen atoms in total. The molecular formula is C21H26N6O3S. The van der Waals surface area contributed by atoms with Crippen molar-refractivity contribution in [2.24, 2.45) is 5.73 Å². The number of hydrogen-bond donors (Lipinski definition) is 3. The molecule has 1 amide bonds. The highest BCUT2D eigenvalue weighted by atomic mass is 32.1. The second kappa shape index (κ2) is 9.78. The van der Waals surface area contributed by atoms with Crippen molar-refractivity contribution >= 4 is 39.0 Å². The quantitative estimate of drug-likeness (QED) is 0.407. The number of amides is 1. The number of carbonyl (C=O) groups is 1. The average molecular weight is 443 g/mol. The van der Waals surface area contributed by atoms with Gasteiger partial charge < -0.3 is 30.8 Å². The Labute approximate surface area is 184 Å². The van der Waals surface area contributed by atoms with E-state index in [0.29, 0.717) is 58.4 Å². The molecule has 0 bridgehead atoms. The Morgan fingerprint density at radius 3 is 2.77 bits per heavy atom. The van der Waals surface area contributed by atoms with Crippen LogP contribution in [-0.2, 0) is 4.74 Å². The Bertz CT molecular complexity index is 1130. The Balaban J connectivity index is 1.93. The molecule has 5 N–H and O–H groups in total. The summed E-state index contributed by atoms with van der Waals surface area (Å²) in [7, 11) is 3.99. The number of nitrogens with two attached hydrogens (primary N) is 2. The Morgan fingerprint density at radius 1 is 1.39 bits per heavy atom. The third-order valence-electron chi connectivity index (χ3n) is 4.64. The molecule has 0 saturated carbocycles. The van der Waals surface area contributed by atoms with Gasteiger partial charge in [-0.15, -0.1) is 11.3 Å². The molecule has 0 spiro atoms. The van der Waals surface area contributed by atoms with Crippen LogP contribution in [0.3, 0.4) is 0 Å². The van der Waals surface area contributed by atoms with E-state index < -0.39 is 5.91 Å². The van der Waals surface area contributed by atoms with Gasteiger partial charge >= 0.3 is 0 Å². The number of fused-ring (bicyclic) bond motifs is 1. The van der Waals surface area contributed by atoms with Gasteiger partial charge in [0.25, 0.3) is 5.91 Å². The number of aromatic nitrogens is 1. The van der Waals surface area contributed by atoms with Gasteiger partial charge in [-0.3, -0.25) is 4.79 Å². The Kier molecular flexibility index (Phi) is 7.12. The van der Waals surface area contributed by atoms with E-state index in [0.717, 1.165) is 24.3 Å². The summed E-state index contributed by atoms with van der Waals surface area (Å²) in [5, 5.41) is 13.6. The predicted octanol–water partition coefficient (Wildman–Crippen LogP) is 2.80. The van der Waals surface area contributed by atoms with Crippen molar-refractivity contribution in [3.63, 3.8) is 0 Å². The normalized spacial score (nSPS) is 11.2. The molecule has 3 aromatic rings. The van der Waals surface area contributed by atoms with Crippen LogP contribution in [0.25, 0.3) is 21.5 Å². The zero-order chi connectivity index (χ0) is 22.5. The molecule has 0 unspecified atom stereocenters. The van der Waals surface area contributed by atoms with Crippen LogP contribution in [-0.4, -0.2) is 56.2 Å². The average Bonchev–Trinajstić information content (AvgIpc) is 3.29. The molecule has 0 radical (unpaired) electrons. The molecule has 3 rings (SSSR count). The van der Waals surface area contributed by atoms with Crippen molar-refractivity contribution < 1.29 is 13.9 Å². The number of rotatable bonds is 10. The maximum Gasteiger partial charge on any atom is 0.260 e. The highest BCUT2D eigenvalue weighted by molar-refractivity contribution is 7.21. The molecule has 31 heavy (non-hydrogen) atoms. The van der Waals surface area contributed by atoms with Crippen molar-refractivity contribution in [3.8, 4) is 17.4 Å². The minimum Gasteiger partial charge on any atom is -0.461 e. The fourth-order valence-electron chi connectivity index (χ4n) is 3.12. The van der Waals surface area contributed by atoms with E-state index in [-0.39, 0.29) is 10.6 Å². The number of ether oxygens (including phenoxy) is 1. The molecular weight excluding hydrogens is 416 g/mol. The van der Waals surface area contributed by atoms with Crippen molar-refractivity contribution in [2.45, 2.75) is 13.3 Å². The number of nitriles is 1. The number of carbonyl (C=O) groups excluding carboxylic acids is 1. The maximum absolute atomic E-state index is 11.8. The summed E-state index contributed by atoms with van der Waals surface area (Å²) < 4.78 is 11.4. The summed E-state index contributed by atoms with van der Waals surface area (Å²) in [5.74, 6) is 0.948. The summed E-state index contributed by atoms with van der Waals surface area (Å²) in [6.45, 7) is 4.49. The molecule has 0 saturated heterocycles. The SMILES string of the molecule is Cc1ccc(-c2c(C#N)c(NCCCOCCN(C)C)nc3sc(C(N)=O)c(N)c23)o1. The fraction of sp³-hybridized carbons (Fsp3) is 0.381. The highest BCUT2D eigenvalue weighted by Gasteiger charge is 2.25. The van der Waals surface area contributed by atoms with Crippen LogP contribution in [0.2, 0.25) is 0 Å².